The van der Waals surface area contributed by atoms with Gasteiger partial charge in [-0.2, -0.15) is 4.31 Å². The van der Waals surface area contributed by atoms with Gasteiger partial charge in [-0.3, -0.25) is 0 Å². The fourth-order valence-corrected chi connectivity index (χ4v) is 4.05. The number of hydrogen-bond acceptors (Lipinski definition) is 3. The molecule has 1 N–H and O–H groups in total. The summed E-state index contributed by atoms with van der Waals surface area (Å²) in [6.45, 7) is 6.22. The Morgan fingerprint density at radius 3 is 2.52 bits per heavy atom. The highest BCUT2D eigenvalue weighted by Gasteiger charge is 2.28. The van der Waals surface area contributed by atoms with E-state index < -0.39 is 15.8 Å². The molecular formula is C15H23FN2O2S. The van der Waals surface area contributed by atoms with E-state index in [-0.39, 0.29) is 10.9 Å². The molecule has 2 rings (SSSR count). The lowest BCUT2D eigenvalue weighted by Gasteiger charge is -2.24. The Morgan fingerprint density at radius 1 is 1.38 bits per heavy atom. The highest BCUT2D eigenvalue weighted by atomic mass is 32.2. The zero-order chi connectivity index (χ0) is 15.6. The van der Waals surface area contributed by atoms with Crippen molar-refractivity contribution >= 4 is 10.0 Å². The van der Waals surface area contributed by atoms with Gasteiger partial charge in [-0.1, -0.05) is 13.0 Å². The SMILES string of the molecule is CCN(C(C)C)S(=O)(=O)c1ccc(CNC2CC2)cc1F. The summed E-state index contributed by atoms with van der Waals surface area (Å²) < 4.78 is 40.5. The summed E-state index contributed by atoms with van der Waals surface area (Å²) in [6, 6.07) is 4.71. The van der Waals surface area contributed by atoms with Crippen molar-refractivity contribution in [2.24, 2.45) is 0 Å². The molecule has 0 heterocycles. The first-order valence-electron chi connectivity index (χ1n) is 7.40. The van der Waals surface area contributed by atoms with Crippen LogP contribution in [-0.4, -0.2) is 31.4 Å². The van der Waals surface area contributed by atoms with Crippen LogP contribution >= 0.6 is 0 Å². The summed E-state index contributed by atoms with van der Waals surface area (Å²) in [7, 11) is -3.78. The molecule has 1 aromatic rings. The van der Waals surface area contributed by atoms with Gasteiger partial charge in [-0.05, 0) is 44.4 Å². The van der Waals surface area contributed by atoms with Crippen LogP contribution in [0.4, 0.5) is 4.39 Å². The van der Waals surface area contributed by atoms with Gasteiger partial charge < -0.3 is 5.32 Å². The Hall–Kier alpha value is -0.980. The lowest BCUT2D eigenvalue weighted by atomic mass is 10.2. The van der Waals surface area contributed by atoms with Crippen molar-refractivity contribution in [2.75, 3.05) is 6.54 Å². The van der Waals surface area contributed by atoms with Gasteiger partial charge in [0.15, 0.2) is 0 Å². The van der Waals surface area contributed by atoms with Crippen LogP contribution in [0, 0.1) is 5.82 Å². The Balaban J connectivity index is 2.22. The molecule has 118 valence electrons. The number of sulfonamides is 1. The first-order chi connectivity index (χ1) is 9.86. The molecule has 1 aliphatic rings. The van der Waals surface area contributed by atoms with Gasteiger partial charge in [-0.25, -0.2) is 12.8 Å². The second-order valence-electron chi connectivity index (χ2n) is 5.72. The van der Waals surface area contributed by atoms with Crippen LogP contribution in [0.3, 0.4) is 0 Å². The highest BCUT2D eigenvalue weighted by molar-refractivity contribution is 7.89. The van der Waals surface area contributed by atoms with E-state index in [1.165, 1.54) is 16.4 Å². The van der Waals surface area contributed by atoms with Crippen molar-refractivity contribution in [3.63, 3.8) is 0 Å². The van der Waals surface area contributed by atoms with E-state index in [2.05, 4.69) is 5.32 Å². The van der Waals surface area contributed by atoms with E-state index in [1.807, 2.05) is 0 Å². The molecule has 0 bridgehead atoms. The average Bonchev–Trinajstić information content (AvgIpc) is 3.20. The number of halogens is 1. The molecule has 1 saturated carbocycles. The third kappa shape index (κ3) is 3.81. The minimum atomic E-state index is -3.78. The van der Waals surface area contributed by atoms with Gasteiger partial charge >= 0.3 is 0 Å². The van der Waals surface area contributed by atoms with Crippen LogP contribution in [0.1, 0.15) is 39.2 Å². The van der Waals surface area contributed by atoms with Gasteiger partial charge in [0, 0.05) is 25.2 Å². The summed E-state index contributed by atoms with van der Waals surface area (Å²) >= 11 is 0. The van der Waals surface area contributed by atoms with Crippen molar-refractivity contribution in [1.82, 2.24) is 9.62 Å². The largest absolute Gasteiger partial charge is 0.310 e. The molecule has 0 unspecified atom stereocenters. The quantitative estimate of drug-likeness (QED) is 0.841. The molecule has 1 fully saturated rings. The maximum atomic E-state index is 14.2. The van der Waals surface area contributed by atoms with Gasteiger partial charge in [0.25, 0.3) is 0 Å². The maximum Gasteiger partial charge on any atom is 0.246 e. The van der Waals surface area contributed by atoms with Crippen LogP contribution in [0.15, 0.2) is 23.1 Å². The summed E-state index contributed by atoms with van der Waals surface area (Å²) in [5, 5.41) is 3.28. The molecule has 0 aromatic heterocycles. The molecule has 0 spiro atoms. The molecule has 0 aliphatic heterocycles. The fraction of sp³-hybridized carbons (Fsp3) is 0.600. The molecular weight excluding hydrogens is 291 g/mol. The molecule has 1 aliphatic carbocycles. The second-order valence-corrected chi connectivity index (χ2v) is 7.58. The Morgan fingerprint density at radius 2 is 2.05 bits per heavy atom. The molecule has 4 nitrogen and oxygen atoms in total. The third-order valence-corrected chi connectivity index (χ3v) is 5.83. The van der Waals surface area contributed by atoms with Gasteiger partial charge in [0.2, 0.25) is 10.0 Å². The van der Waals surface area contributed by atoms with Crippen molar-refractivity contribution in [2.45, 2.75) is 57.1 Å². The second kappa shape index (κ2) is 6.42. The summed E-state index contributed by atoms with van der Waals surface area (Å²) in [5.74, 6) is -0.677. The van der Waals surface area contributed by atoms with Crippen LogP contribution in [0.2, 0.25) is 0 Å². The lowest BCUT2D eigenvalue weighted by Crippen LogP contribution is -2.37. The number of nitrogens with one attached hydrogen (secondary N) is 1. The third-order valence-electron chi connectivity index (χ3n) is 3.64. The molecule has 0 saturated heterocycles. The van der Waals surface area contributed by atoms with Crippen molar-refractivity contribution in [3.8, 4) is 0 Å². The zero-order valence-corrected chi connectivity index (χ0v) is 13.6. The molecule has 21 heavy (non-hydrogen) atoms. The predicted octanol–water partition coefficient (Wildman–Crippen LogP) is 2.50. The summed E-state index contributed by atoms with van der Waals surface area (Å²) in [5.41, 5.74) is 0.769. The van der Waals surface area contributed by atoms with E-state index in [4.69, 9.17) is 0 Å². The first-order valence-corrected chi connectivity index (χ1v) is 8.84. The van der Waals surface area contributed by atoms with E-state index >= 15 is 0 Å². The van der Waals surface area contributed by atoms with Gasteiger partial charge in [0.05, 0.1) is 0 Å². The highest BCUT2D eigenvalue weighted by Crippen LogP contribution is 2.23. The monoisotopic (exact) mass is 314 g/mol. The van der Waals surface area contributed by atoms with E-state index in [0.717, 1.165) is 18.4 Å². The zero-order valence-electron chi connectivity index (χ0n) is 12.8. The predicted molar refractivity (Wildman–Crippen MR) is 81.0 cm³/mol. The molecule has 0 atom stereocenters. The Labute approximate surface area is 126 Å². The lowest BCUT2D eigenvalue weighted by molar-refractivity contribution is 0.367. The van der Waals surface area contributed by atoms with Crippen LogP contribution in [0.5, 0.6) is 0 Å². The summed E-state index contributed by atoms with van der Waals surface area (Å²) in [6.07, 6.45) is 2.32. The Kier molecular flexibility index (Phi) is 5.01. The maximum absolute atomic E-state index is 14.2. The van der Waals surface area contributed by atoms with Gasteiger partial charge in [-0.15, -0.1) is 0 Å². The molecule has 1 aromatic carbocycles. The minimum Gasteiger partial charge on any atom is -0.310 e. The molecule has 0 radical (unpaired) electrons. The Bertz CT molecular complexity index is 598. The number of hydrogen-bond donors (Lipinski definition) is 1. The topological polar surface area (TPSA) is 49.4 Å². The van der Waals surface area contributed by atoms with Gasteiger partial charge in [0.1, 0.15) is 10.7 Å². The molecule has 0 amide bonds. The number of rotatable bonds is 7. The number of nitrogens with zero attached hydrogens (tertiary/aromatic N) is 1. The van der Waals surface area contributed by atoms with E-state index in [1.54, 1.807) is 26.8 Å². The molecule has 6 heteroatoms. The van der Waals surface area contributed by atoms with Crippen molar-refractivity contribution in [3.05, 3.63) is 29.6 Å². The average molecular weight is 314 g/mol. The number of benzene rings is 1. The van der Waals surface area contributed by atoms with E-state index in [0.29, 0.717) is 19.1 Å². The van der Waals surface area contributed by atoms with E-state index in [9.17, 15) is 12.8 Å². The minimum absolute atomic E-state index is 0.199. The standard InChI is InChI=1S/C15H23FN2O2S/c1-4-18(11(2)3)21(19,20)15-8-5-12(9-14(15)16)10-17-13-6-7-13/h5,8-9,11,13,17H,4,6-7,10H2,1-3H3. The fourth-order valence-electron chi connectivity index (χ4n) is 2.35. The van der Waals surface area contributed by atoms with Crippen LogP contribution in [0.25, 0.3) is 0 Å². The summed E-state index contributed by atoms with van der Waals surface area (Å²) in [4.78, 5) is -0.242. The van der Waals surface area contributed by atoms with Crippen LogP contribution in [-0.2, 0) is 16.6 Å². The van der Waals surface area contributed by atoms with Crippen molar-refractivity contribution in [1.29, 1.82) is 0 Å². The van der Waals surface area contributed by atoms with Crippen molar-refractivity contribution < 1.29 is 12.8 Å². The van der Waals surface area contributed by atoms with Crippen LogP contribution < -0.4 is 5.32 Å². The smallest absolute Gasteiger partial charge is 0.246 e. The first kappa shape index (κ1) is 16.4. The normalized spacial score (nSPS) is 15.9.